The highest BCUT2D eigenvalue weighted by Gasteiger charge is 2.21. The average molecular weight is 283 g/mol. The summed E-state index contributed by atoms with van der Waals surface area (Å²) in [4.78, 5) is 17.7. The SMILES string of the molecule is Cn1nccc1CCNc1ncnc(Cl)c1[N+](=O)[O-]. The molecule has 0 saturated heterocycles. The average Bonchev–Trinajstić information content (AvgIpc) is 2.75. The van der Waals surface area contributed by atoms with Crippen LogP contribution in [0.5, 0.6) is 0 Å². The van der Waals surface area contributed by atoms with E-state index < -0.39 is 4.92 Å². The van der Waals surface area contributed by atoms with Gasteiger partial charge in [0.1, 0.15) is 6.33 Å². The number of aromatic nitrogens is 4. The van der Waals surface area contributed by atoms with Crippen molar-refractivity contribution in [1.29, 1.82) is 0 Å². The molecule has 0 aliphatic heterocycles. The molecule has 100 valence electrons. The Hall–Kier alpha value is -2.22. The van der Waals surface area contributed by atoms with Gasteiger partial charge in [0.2, 0.25) is 11.0 Å². The van der Waals surface area contributed by atoms with Gasteiger partial charge in [0.05, 0.1) is 4.92 Å². The highest BCUT2D eigenvalue weighted by atomic mass is 35.5. The molecule has 0 aliphatic carbocycles. The number of hydrogen-bond acceptors (Lipinski definition) is 6. The van der Waals surface area contributed by atoms with Crippen molar-refractivity contribution in [3.8, 4) is 0 Å². The number of nitrogens with zero attached hydrogens (tertiary/aromatic N) is 5. The number of nitrogens with one attached hydrogen (secondary N) is 1. The zero-order valence-electron chi connectivity index (χ0n) is 10.1. The fourth-order valence-corrected chi connectivity index (χ4v) is 1.81. The molecule has 0 atom stereocenters. The predicted octanol–water partition coefficient (Wildman–Crippen LogP) is 1.43. The first-order chi connectivity index (χ1) is 9.09. The summed E-state index contributed by atoms with van der Waals surface area (Å²) in [7, 11) is 1.83. The highest BCUT2D eigenvalue weighted by Crippen LogP contribution is 2.27. The Morgan fingerprint density at radius 3 is 2.95 bits per heavy atom. The summed E-state index contributed by atoms with van der Waals surface area (Å²) in [5.41, 5.74) is 0.699. The molecule has 0 bridgehead atoms. The molecule has 0 amide bonds. The number of rotatable bonds is 5. The molecule has 2 aromatic heterocycles. The van der Waals surface area contributed by atoms with E-state index in [4.69, 9.17) is 11.6 Å². The molecule has 0 fully saturated rings. The van der Waals surface area contributed by atoms with Crippen LogP contribution in [0.4, 0.5) is 11.5 Å². The fraction of sp³-hybridized carbons (Fsp3) is 0.300. The van der Waals surface area contributed by atoms with Crippen LogP contribution < -0.4 is 5.32 Å². The van der Waals surface area contributed by atoms with Crippen molar-refractivity contribution in [2.45, 2.75) is 6.42 Å². The van der Waals surface area contributed by atoms with Crippen LogP contribution >= 0.6 is 11.6 Å². The molecule has 2 rings (SSSR count). The van der Waals surface area contributed by atoms with Gasteiger partial charge >= 0.3 is 5.69 Å². The second kappa shape index (κ2) is 5.61. The molecule has 1 N–H and O–H groups in total. The third kappa shape index (κ3) is 2.97. The normalized spacial score (nSPS) is 10.4. The molecule has 0 unspecified atom stereocenters. The molecule has 0 spiro atoms. The first-order valence-corrected chi connectivity index (χ1v) is 5.83. The summed E-state index contributed by atoms with van der Waals surface area (Å²) in [6.45, 7) is 0.480. The molecule has 19 heavy (non-hydrogen) atoms. The van der Waals surface area contributed by atoms with Gasteiger partial charge in [-0.1, -0.05) is 11.6 Å². The minimum Gasteiger partial charge on any atom is -0.364 e. The maximum atomic E-state index is 10.9. The van der Waals surface area contributed by atoms with Gasteiger partial charge in [-0.3, -0.25) is 14.8 Å². The molecule has 0 saturated carbocycles. The first kappa shape index (κ1) is 13.2. The molecular weight excluding hydrogens is 272 g/mol. The maximum absolute atomic E-state index is 10.9. The molecule has 0 radical (unpaired) electrons. The van der Waals surface area contributed by atoms with E-state index in [0.717, 1.165) is 5.69 Å². The summed E-state index contributed by atoms with van der Waals surface area (Å²) in [5, 5.41) is 17.6. The van der Waals surface area contributed by atoms with Crippen LogP contribution in [-0.2, 0) is 13.5 Å². The lowest BCUT2D eigenvalue weighted by Gasteiger charge is -2.06. The Bertz CT molecular complexity index is 599. The number of hydrogen-bond donors (Lipinski definition) is 1. The van der Waals surface area contributed by atoms with E-state index in [2.05, 4.69) is 20.4 Å². The molecule has 2 aromatic rings. The van der Waals surface area contributed by atoms with Gasteiger partial charge in [0.25, 0.3) is 0 Å². The van der Waals surface area contributed by atoms with Crippen LogP contribution in [0.3, 0.4) is 0 Å². The molecule has 8 nitrogen and oxygen atoms in total. The van der Waals surface area contributed by atoms with E-state index in [1.807, 2.05) is 13.1 Å². The van der Waals surface area contributed by atoms with Crippen LogP contribution in [0.1, 0.15) is 5.69 Å². The maximum Gasteiger partial charge on any atom is 0.348 e. The number of halogens is 1. The van der Waals surface area contributed by atoms with Gasteiger partial charge in [-0.25, -0.2) is 9.97 Å². The Morgan fingerprint density at radius 2 is 2.32 bits per heavy atom. The number of anilines is 1. The van der Waals surface area contributed by atoms with E-state index in [-0.39, 0.29) is 16.7 Å². The van der Waals surface area contributed by atoms with Gasteiger partial charge in [0.15, 0.2) is 0 Å². The lowest BCUT2D eigenvalue weighted by molar-refractivity contribution is -0.384. The second-order valence-corrected chi connectivity index (χ2v) is 4.10. The van der Waals surface area contributed by atoms with Gasteiger partial charge in [-0.15, -0.1) is 0 Å². The van der Waals surface area contributed by atoms with Crippen LogP contribution in [0.25, 0.3) is 0 Å². The standard InChI is InChI=1S/C10H11ClN6O2/c1-16-7(3-5-15-16)2-4-12-10-8(17(18)19)9(11)13-6-14-10/h3,5-6H,2,4H2,1H3,(H,12,13,14). The van der Waals surface area contributed by atoms with Crippen molar-refractivity contribution in [2.75, 3.05) is 11.9 Å². The smallest absolute Gasteiger partial charge is 0.348 e. The third-order valence-electron chi connectivity index (χ3n) is 2.56. The quantitative estimate of drug-likeness (QED) is 0.506. The zero-order chi connectivity index (χ0) is 13.8. The summed E-state index contributed by atoms with van der Waals surface area (Å²) in [6, 6.07) is 1.88. The van der Waals surface area contributed by atoms with Crippen molar-refractivity contribution in [3.63, 3.8) is 0 Å². The lowest BCUT2D eigenvalue weighted by atomic mass is 10.3. The van der Waals surface area contributed by atoms with Gasteiger partial charge in [-0.2, -0.15) is 5.10 Å². The van der Waals surface area contributed by atoms with Crippen molar-refractivity contribution >= 4 is 23.1 Å². The fourth-order valence-electron chi connectivity index (χ4n) is 1.60. The molecule has 0 aromatic carbocycles. The number of aryl methyl sites for hydroxylation is 1. The second-order valence-electron chi connectivity index (χ2n) is 3.74. The molecule has 2 heterocycles. The molecule has 0 aliphatic rings. The van der Waals surface area contributed by atoms with E-state index >= 15 is 0 Å². The van der Waals surface area contributed by atoms with E-state index in [9.17, 15) is 10.1 Å². The lowest BCUT2D eigenvalue weighted by Crippen LogP contribution is -2.11. The predicted molar refractivity (Wildman–Crippen MR) is 69.1 cm³/mol. The molecule has 9 heteroatoms. The minimum atomic E-state index is -0.602. The highest BCUT2D eigenvalue weighted by molar-refractivity contribution is 6.31. The summed E-state index contributed by atoms with van der Waals surface area (Å²) < 4.78 is 1.74. The third-order valence-corrected chi connectivity index (χ3v) is 2.83. The largest absolute Gasteiger partial charge is 0.364 e. The van der Waals surface area contributed by atoms with Gasteiger partial charge < -0.3 is 5.32 Å². The Kier molecular flexibility index (Phi) is 3.91. The Balaban J connectivity index is 2.06. The summed E-state index contributed by atoms with van der Waals surface area (Å²) in [6.07, 6.45) is 3.54. The minimum absolute atomic E-state index is 0.118. The van der Waals surface area contributed by atoms with Crippen LogP contribution in [0, 0.1) is 10.1 Å². The first-order valence-electron chi connectivity index (χ1n) is 5.45. The van der Waals surface area contributed by atoms with Gasteiger partial charge in [-0.05, 0) is 6.07 Å². The van der Waals surface area contributed by atoms with E-state index in [0.29, 0.717) is 13.0 Å². The van der Waals surface area contributed by atoms with Crippen molar-refractivity contribution < 1.29 is 4.92 Å². The van der Waals surface area contributed by atoms with Crippen molar-refractivity contribution in [1.82, 2.24) is 19.7 Å². The zero-order valence-corrected chi connectivity index (χ0v) is 10.8. The van der Waals surface area contributed by atoms with Crippen LogP contribution in [0.15, 0.2) is 18.6 Å². The summed E-state index contributed by atoms with van der Waals surface area (Å²) in [5.74, 6) is 0.118. The monoisotopic (exact) mass is 282 g/mol. The Labute approximate surface area is 113 Å². The number of nitro groups is 1. The summed E-state index contributed by atoms with van der Waals surface area (Å²) >= 11 is 5.68. The van der Waals surface area contributed by atoms with Crippen molar-refractivity contribution in [3.05, 3.63) is 39.6 Å². The molecular formula is C10H11ClN6O2. The topological polar surface area (TPSA) is 98.8 Å². The van der Waals surface area contributed by atoms with Crippen LogP contribution in [0.2, 0.25) is 5.15 Å². The van der Waals surface area contributed by atoms with E-state index in [1.165, 1.54) is 6.33 Å². The van der Waals surface area contributed by atoms with E-state index in [1.54, 1.807) is 10.9 Å². The Morgan fingerprint density at radius 1 is 1.53 bits per heavy atom. The van der Waals surface area contributed by atoms with Crippen molar-refractivity contribution in [2.24, 2.45) is 7.05 Å². The van der Waals surface area contributed by atoms with Crippen LogP contribution in [-0.4, -0.2) is 31.2 Å². The van der Waals surface area contributed by atoms with Gasteiger partial charge in [0, 0.05) is 31.9 Å².